The van der Waals surface area contributed by atoms with E-state index in [0.717, 1.165) is 0 Å². The molecule has 166 valence electrons. The maximum absolute atomic E-state index is 12.3. The van der Waals surface area contributed by atoms with Crippen molar-refractivity contribution >= 4 is 34.7 Å². The highest BCUT2D eigenvalue weighted by Crippen LogP contribution is 2.12. The van der Waals surface area contributed by atoms with Crippen molar-refractivity contribution in [1.82, 2.24) is 25.3 Å². The third-order valence-electron chi connectivity index (χ3n) is 4.46. The second-order valence-electron chi connectivity index (χ2n) is 6.91. The molecule has 0 aliphatic rings. The van der Waals surface area contributed by atoms with Crippen molar-refractivity contribution in [2.75, 3.05) is 5.32 Å². The van der Waals surface area contributed by atoms with E-state index < -0.39 is 23.9 Å². The molecule has 12 nitrogen and oxygen atoms in total. The van der Waals surface area contributed by atoms with Gasteiger partial charge in [0.25, 0.3) is 11.5 Å². The fourth-order valence-corrected chi connectivity index (χ4v) is 2.85. The normalized spacial score (nSPS) is 11.7. The summed E-state index contributed by atoms with van der Waals surface area (Å²) in [5, 5.41) is 23.2. The fourth-order valence-electron chi connectivity index (χ4n) is 2.85. The summed E-state index contributed by atoms with van der Waals surface area (Å²) in [5.41, 5.74) is 1.40. The molecule has 0 aliphatic heterocycles. The standard InChI is InChI=1S/C20H20N6O6/c1-10-23-17-16(19(30)24-10)25-13(9-22-17)8-21-12-4-2-11(3-5-12)18(29)26-14(20(31)32)6-7-15(27)28/h2-5,9,14,21H,6-8H2,1H3,(H,26,29)(H,27,28)(H,31,32)(H,22,23,24,30)/t14-/m0/s1. The Balaban J connectivity index is 1.62. The first-order valence-electron chi connectivity index (χ1n) is 9.55. The number of rotatable bonds is 9. The first-order chi connectivity index (χ1) is 15.2. The van der Waals surface area contributed by atoms with Gasteiger partial charge in [-0.05, 0) is 37.6 Å². The number of carbonyl (C=O) groups is 3. The van der Waals surface area contributed by atoms with Crippen LogP contribution in [0.3, 0.4) is 0 Å². The number of hydrogen-bond acceptors (Lipinski definition) is 8. The fraction of sp³-hybridized carbons (Fsp3) is 0.250. The van der Waals surface area contributed by atoms with Crippen LogP contribution in [-0.2, 0) is 16.1 Å². The second-order valence-corrected chi connectivity index (χ2v) is 6.91. The molecule has 12 heteroatoms. The van der Waals surface area contributed by atoms with Gasteiger partial charge in [-0.25, -0.2) is 19.7 Å². The lowest BCUT2D eigenvalue weighted by Crippen LogP contribution is -2.41. The molecule has 0 bridgehead atoms. The summed E-state index contributed by atoms with van der Waals surface area (Å²) >= 11 is 0. The molecular weight excluding hydrogens is 420 g/mol. The minimum atomic E-state index is -1.31. The second kappa shape index (κ2) is 9.64. The van der Waals surface area contributed by atoms with Crippen LogP contribution in [0.4, 0.5) is 5.69 Å². The summed E-state index contributed by atoms with van der Waals surface area (Å²) < 4.78 is 0. The number of carboxylic acids is 2. The van der Waals surface area contributed by atoms with Gasteiger partial charge >= 0.3 is 11.9 Å². The first kappa shape index (κ1) is 22.3. The van der Waals surface area contributed by atoms with Crippen LogP contribution in [0.1, 0.15) is 34.7 Å². The molecule has 0 saturated heterocycles. The number of nitrogens with one attached hydrogen (secondary N) is 3. The molecule has 0 saturated carbocycles. The van der Waals surface area contributed by atoms with Gasteiger partial charge in [-0.3, -0.25) is 14.4 Å². The summed E-state index contributed by atoms with van der Waals surface area (Å²) in [6, 6.07) is 4.93. The molecule has 2 heterocycles. The zero-order valence-corrected chi connectivity index (χ0v) is 17.0. The Morgan fingerprint density at radius 1 is 1.12 bits per heavy atom. The van der Waals surface area contributed by atoms with E-state index in [1.54, 1.807) is 19.1 Å². The van der Waals surface area contributed by atoms with Crippen molar-refractivity contribution in [3.63, 3.8) is 0 Å². The van der Waals surface area contributed by atoms with Crippen molar-refractivity contribution in [3.05, 3.63) is 57.9 Å². The summed E-state index contributed by atoms with van der Waals surface area (Å²) in [4.78, 5) is 61.2. The quantitative estimate of drug-likeness (QED) is 0.316. The molecule has 32 heavy (non-hydrogen) atoms. The van der Waals surface area contributed by atoms with E-state index in [2.05, 4.69) is 30.6 Å². The van der Waals surface area contributed by atoms with Gasteiger partial charge in [0.2, 0.25) is 0 Å². The smallest absolute Gasteiger partial charge is 0.326 e. The molecule has 0 fully saturated rings. The lowest BCUT2D eigenvalue weighted by atomic mass is 10.1. The van der Waals surface area contributed by atoms with E-state index in [9.17, 15) is 19.2 Å². The van der Waals surface area contributed by atoms with E-state index >= 15 is 0 Å². The predicted octanol–water partition coefficient (Wildman–Crippen LogP) is 0.681. The van der Waals surface area contributed by atoms with Crippen LogP contribution in [0.15, 0.2) is 35.3 Å². The Morgan fingerprint density at radius 3 is 2.50 bits per heavy atom. The van der Waals surface area contributed by atoms with Gasteiger partial charge in [-0.2, -0.15) is 0 Å². The molecule has 3 aromatic rings. The van der Waals surface area contributed by atoms with Gasteiger partial charge in [0.1, 0.15) is 11.9 Å². The molecule has 1 aromatic carbocycles. The van der Waals surface area contributed by atoms with E-state index in [1.807, 2.05) is 0 Å². The van der Waals surface area contributed by atoms with E-state index in [4.69, 9.17) is 10.2 Å². The lowest BCUT2D eigenvalue weighted by molar-refractivity contribution is -0.140. The van der Waals surface area contributed by atoms with Crippen LogP contribution in [-0.4, -0.2) is 54.0 Å². The van der Waals surface area contributed by atoms with Gasteiger partial charge in [-0.1, -0.05) is 0 Å². The zero-order chi connectivity index (χ0) is 23.3. The molecule has 1 amide bonds. The maximum Gasteiger partial charge on any atom is 0.326 e. The average molecular weight is 440 g/mol. The summed E-state index contributed by atoms with van der Waals surface area (Å²) in [6.45, 7) is 1.91. The number of aliphatic carboxylic acids is 2. The number of fused-ring (bicyclic) bond motifs is 1. The Bertz CT molecular complexity index is 1220. The first-order valence-corrected chi connectivity index (χ1v) is 9.55. The van der Waals surface area contributed by atoms with Gasteiger partial charge in [0.15, 0.2) is 11.2 Å². The summed E-state index contributed by atoms with van der Waals surface area (Å²) in [5.74, 6) is -2.63. The van der Waals surface area contributed by atoms with Crippen LogP contribution in [0.2, 0.25) is 0 Å². The van der Waals surface area contributed by atoms with E-state index in [1.165, 1.54) is 18.3 Å². The largest absolute Gasteiger partial charge is 0.481 e. The number of carbonyl (C=O) groups excluding carboxylic acids is 1. The van der Waals surface area contributed by atoms with Crippen molar-refractivity contribution < 1.29 is 24.6 Å². The van der Waals surface area contributed by atoms with Crippen LogP contribution in [0.25, 0.3) is 11.2 Å². The molecule has 3 rings (SSSR count). The van der Waals surface area contributed by atoms with Crippen molar-refractivity contribution in [3.8, 4) is 0 Å². The number of aromatic amines is 1. The molecule has 1 atom stereocenters. The number of hydrogen-bond donors (Lipinski definition) is 5. The highest BCUT2D eigenvalue weighted by atomic mass is 16.4. The molecule has 0 radical (unpaired) electrons. The van der Waals surface area contributed by atoms with Gasteiger partial charge < -0.3 is 25.8 Å². The molecule has 5 N–H and O–H groups in total. The number of aryl methyl sites for hydroxylation is 1. The van der Waals surface area contributed by atoms with Crippen LogP contribution in [0.5, 0.6) is 0 Å². The van der Waals surface area contributed by atoms with E-state index in [-0.39, 0.29) is 41.7 Å². The number of carboxylic acid groups (broad SMARTS) is 2. The topological polar surface area (TPSA) is 187 Å². The van der Waals surface area contributed by atoms with Crippen molar-refractivity contribution in [2.45, 2.75) is 32.4 Å². The number of benzene rings is 1. The predicted molar refractivity (Wildman–Crippen MR) is 112 cm³/mol. The summed E-state index contributed by atoms with van der Waals surface area (Å²) in [6.07, 6.45) is 0.909. The molecule has 0 unspecified atom stereocenters. The third kappa shape index (κ3) is 5.62. The maximum atomic E-state index is 12.3. The third-order valence-corrected chi connectivity index (χ3v) is 4.46. The minimum Gasteiger partial charge on any atom is -0.481 e. The van der Waals surface area contributed by atoms with Gasteiger partial charge in [-0.15, -0.1) is 0 Å². The highest BCUT2D eigenvalue weighted by molar-refractivity contribution is 5.96. The number of aromatic nitrogens is 4. The van der Waals surface area contributed by atoms with Gasteiger partial charge in [0, 0.05) is 17.7 Å². The van der Waals surface area contributed by atoms with Crippen molar-refractivity contribution in [2.24, 2.45) is 0 Å². The van der Waals surface area contributed by atoms with Crippen LogP contribution in [0, 0.1) is 6.92 Å². The Labute approximate surface area is 180 Å². The monoisotopic (exact) mass is 440 g/mol. The average Bonchev–Trinajstić information content (AvgIpc) is 2.75. The van der Waals surface area contributed by atoms with Gasteiger partial charge in [0.05, 0.1) is 18.4 Å². The highest BCUT2D eigenvalue weighted by Gasteiger charge is 2.21. The minimum absolute atomic E-state index is 0.137. The number of nitrogens with zero attached hydrogens (tertiary/aromatic N) is 3. The zero-order valence-electron chi connectivity index (χ0n) is 17.0. The Kier molecular flexibility index (Phi) is 6.73. The Morgan fingerprint density at radius 2 is 1.84 bits per heavy atom. The number of amides is 1. The molecule has 0 aliphatic carbocycles. The Hall–Kier alpha value is -4.35. The van der Waals surface area contributed by atoms with E-state index in [0.29, 0.717) is 17.2 Å². The SMILES string of the molecule is Cc1nc2ncc(CNc3ccc(C(=O)N[C@@H](CCC(=O)O)C(=O)O)cc3)nc2c(=O)[nH]1. The number of anilines is 1. The van der Waals surface area contributed by atoms with Crippen LogP contribution < -0.4 is 16.2 Å². The van der Waals surface area contributed by atoms with Crippen molar-refractivity contribution in [1.29, 1.82) is 0 Å². The van der Waals surface area contributed by atoms with Crippen LogP contribution >= 0.6 is 0 Å². The number of H-pyrrole nitrogens is 1. The lowest BCUT2D eigenvalue weighted by Gasteiger charge is -2.14. The molecule has 2 aromatic heterocycles. The molecular formula is C20H20N6O6. The summed E-state index contributed by atoms with van der Waals surface area (Å²) in [7, 11) is 0. The molecule has 0 spiro atoms.